The van der Waals surface area contributed by atoms with Crippen LogP contribution >= 0.6 is 0 Å². The van der Waals surface area contributed by atoms with E-state index in [4.69, 9.17) is 0 Å². The fourth-order valence-electron chi connectivity index (χ4n) is 1.45. The zero-order valence-corrected chi connectivity index (χ0v) is 8.75. The molecular formula is C13H16O. The van der Waals surface area contributed by atoms with Gasteiger partial charge in [-0.2, -0.15) is 0 Å². The predicted octanol–water partition coefficient (Wildman–Crippen LogP) is 2.83. The third kappa shape index (κ3) is 2.90. The molecule has 0 aromatic heterocycles. The summed E-state index contributed by atoms with van der Waals surface area (Å²) in [6.45, 7) is 3.84. The average Bonchev–Trinajstić information content (AvgIpc) is 2.18. The first-order valence-corrected chi connectivity index (χ1v) is 4.89. The maximum atomic E-state index is 9.86. The summed E-state index contributed by atoms with van der Waals surface area (Å²) in [5.74, 6) is 5.79. The number of benzene rings is 1. The number of aliphatic hydroxyl groups excluding tert-OH is 1. The minimum absolute atomic E-state index is 0.378. The van der Waals surface area contributed by atoms with Gasteiger partial charge in [-0.3, -0.25) is 0 Å². The van der Waals surface area contributed by atoms with Crippen molar-refractivity contribution in [3.63, 3.8) is 0 Å². The van der Waals surface area contributed by atoms with Crippen LogP contribution < -0.4 is 0 Å². The zero-order valence-electron chi connectivity index (χ0n) is 8.75. The Morgan fingerprint density at radius 3 is 2.71 bits per heavy atom. The fourth-order valence-corrected chi connectivity index (χ4v) is 1.45. The van der Waals surface area contributed by atoms with Crippen LogP contribution in [0.1, 0.15) is 37.0 Å². The van der Waals surface area contributed by atoms with Gasteiger partial charge < -0.3 is 5.11 Å². The van der Waals surface area contributed by atoms with Crippen LogP contribution in [0.5, 0.6) is 0 Å². The third-order valence-electron chi connectivity index (χ3n) is 2.27. The second-order valence-corrected chi connectivity index (χ2v) is 3.34. The van der Waals surface area contributed by atoms with Crippen LogP contribution in [0.4, 0.5) is 0 Å². The quantitative estimate of drug-likeness (QED) is 0.723. The van der Waals surface area contributed by atoms with Crippen LogP contribution in [0.15, 0.2) is 24.3 Å². The van der Waals surface area contributed by atoms with E-state index in [1.54, 1.807) is 0 Å². The molecule has 14 heavy (non-hydrogen) atoms. The van der Waals surface area contributed by atoms with E-state index in [0.717, 1.165) is 17.5 Å². The van der Waals surface area contributed by atoms with E-state index < -0.39 is 0 Å². The normalized spacial score (nSPS) is 11.6. The predicted molar refractivity (Wildman–Crippen MR) is 58.8 cm³/mol. The van der Waals surface area contributed by atoms with Gasteiger partial charge in [0.05, 0.1) is 6.10 Å². The van der Waals surface area contributed by atoms with Crippen LogP contribution in [0.3, 0.4) is 0 Å². The van der Waals surface area contributed by atoms with Gasteiger partial charge in [-0.15, -0.1) is 11.8 Å². The molecule has 1 nitrogen and oxygen atoms in total. The third-order valence-corrected chi connectivity index (χ3v) is 2.27. The lowest BCUT2D eigenvalue weighted by Gasteiger charge is -2.11. The topological polar surface area (TPSA) is 20.2 Å². The summed E-state index contributed by atoms with van der Waals surface area (Å²) < 4.78 is 0. The Hall–Kier alpha value is -1.26. The van der Waals surface area contributed by atoms with Crippen molar-refractivity contribution in [1.82, 2.24) is 0 Å². The molecule has 0 radical (unpaired) electrons. The zero-order chi connectivity index (χ0) is 10.4. The summed E-state index contributed by atoms with van der Waals surface area (Å²) in [6.07, 6.45) is 1.09. The van der Waals surface area contributed by atoms with Gasteiger partial charge in [-0.25, -0.2) is 0 Å². The largest absolute Gasteiger partial charge is 0.388 e. The first kappa shape index (κ1) is 10.8. The summed E-state index contributed by atoms with van der Waals surface area (Å²) in [4.78, 5) is 0. The molecule has 1 aromatic carbocycles. The molecule has 0 aliphatic rings. The molecule has 0 bridgehead atoms. The molecule has 0 spiro atoms. The fraction of sp³-hybridized carbons (Fsp3) is 0.385. The van der Waals surface area contributed by atoms with Crippen molar-refractivity contribution < 1.29 is 5.11 Å². The Morgan fingerprint density at radius 1 is 1.36 bits per heavy atom. The highest BCUT2D eigenvalue weighted by Gasteiger charge is 2.07. The second kappa shape index (κ2) is 5.47. The molecule has 1 heteroatoms. The maximum absolute atomic E-state index is 9.86. The highest BCUT2D eigenvalue weighted by Crippen LogP contribution is 2.20. The van der Waals surface area contributed by atoms with E-state index in [-0.39, 0.29) is 6.10 Å². The highest BCUT2D eigenvalue weighted by atomic mass is 16.3. The molecule has 1 unspecified atom stereocenters. The first-order chi connectivity index (χ1) is 6.75. The minimum atomic E-state index is -0.378. The van der Waals surface area contributed by atoms with E-state index in [0.29, 0.717) is 6.42 Å². The highest BCUT2D eigenvalue weighted by molar-refractivity contribution is 5.27. The lowest BCUT2D eigenvalue weighted by molar-refractivity contribution is 0.169. The van der Waals surface area contributed by atoms with Crippen LogP contribution in [0.25, 0.3) is 0 Å². The summed E-state index contributed by atoms with van der Waals surface area (Å²) in [7, 11) is 0. The number of rotatable bonds is 3. The standard InChI is InChI=1S/C13H16O/c1-3-4-5-10-13(14)12-9-7-6-8-11(12)2/h6-9,13-14H,5,10H2,1-2H3. The Morgan fingerprint density at radius 2 is 2.07 bits per heavy atom. The summed E-state index contributed by atoms with van der Waals surface area (Å²) in [6, 6.07) is 7.93. The lowest BCUT2D eigenvalue weighted by Crippen LogP contribution is -1.99. The van der Waals surface area contributed by atoms with Gasteiger partial charge in [-0.05, 0) is 31.4 Å². The summed E-state index contributed by atoms with van der Waals surface area (Å²) >= 11 is 0. The lowest BCUT2D eigenvalue weighted by atomic mass is 10.0. The van der Waals surface area contributed by atoms with E-state index in [1.807, 2.05) is 38.1 Å². The van der Waals surface area contributed by atoms with Crippen molar-refractivity contribution >= 4 is 0 Å². The van der Waals surface area contributed by atoms with E-state index in [2.05, 4.69) is 11.8 Å². The summed E-state index contributed by atoms with van der Waals surface area (Å²) in [5.41, 5.74) is 2.16. The molecule has 0 fully saturated rings. The van der Waals surface area contributed by atoms with E-state index in [1.165, 1.54) is 0 Å². The number of hydrogen-bond donors (Lipinski definition) is 1. The van der Waals surface area contributed by atoms with Crippen molar-refractivity contribution in [2.75, 3.05) is 0 Å². The Balaban J connectivity index is 2.63. The molecule has 74 valence electrons. The van der Waals surface area contributed by atoms with Crippen molar-refractivity contribution in [2.45, 2.75) is 32.8 Å². The van der Waals surface area contributed by atoms with Crippen LogP contribution in [0, 0.1) is 18.8 Å². The molecule has 1 aromatic rings. The monoisotopic (exact) mass is 188 g/mol. The molecule has 0 aliphatic carbocycles. The van der Waals surface area contributed by atoms with Gasteiger partial charge in [0.25, 0.3) is 0 Å². The van der Waals surface area contributed by atoms with Gasteiger partial charge in [-0.1, -0.05) is 24.3 Å². The first-order valence-electron chi connectivity index (χ1n) is 4.89. The van der Waals surface area contributed by atoms with Crippen LogP contribution in [0.2, 0.25) is 0 Å². The molecule has 0 saturated heterocycles. The molecule has 0 saturated carbocycles. The van der Waals surface area contributed by atoms with Crippen molar-refractivity contribution in [3.8, 4) is 11.8 Å². The van der Waals surface area contributed by atoms with Gasteiger partial charge >= 0.3 is 0 Å². The average molecular weight is 188 g/mol. The van der Waals surface area contributed by atoms with E-state index in [9.17, 15) is 5.11 Å². The number of hydrogen-bond acceptors (Lipinski definition) is 1. The molecule has 1 rings (SSSR count). The SMILES string of the molecule is CC#CCCC(O)c1ccccc1C. The minimum Gasteiger partial charge on any atom is -0.388 e. The van der Waals surface area contributed by atoms with Crippen molar-refractivity contribution in [2.24, 2.45) is 0 Å². The molecule has 1 atom stereocenters. The van der Waals surface area contributed by atoms with Crippen molar-refractivity contribution in [1.29, 1.82) is 0 Å². The molecule has 0 aliphatic heterocycles. The van der Waals surface area contributed by atoms with Gasteiger partial charge in [0.1, 0.15) is 0 Å². The van der Waals surface area contributed by atoms with E-state index >= 15 is 0 Å². The second-order valence-electron chi connectivity index (χ2n) is 3.34. The smallest absolute Gasteiger partial charge is 0.0801 e. The molecule has 0 heterocycles. The Bertz CT molecular complexity index is 344. The molecule has 0 amide bonds. The van der Waals surface area contributed by atoms with Crippen LogP contribution in [-0.2, 0) is 0 Å². The summed E-state index contributed by atoms with van der Waals surface area (Å²) in [5, 5.41) is 9.86. The molecule has 1 N–H and O–H groups in total. The van der Waals surface area contributed by atoms with Gasteiger partial charge in [0.2, 0.25) is 0 Å². The van der Waals surface area contributed by atoms with Gasteiger partial charge in [0.15, 0.2) is 0 Å². The Kier molecular flexibility index (Phi) is 4.22. The number of aliphatic hydroxyl groups is 1. The van der Waals surface area contributed by atoms with Gasteiger partial charge in [0, 0.05) is 6.42 Å². The van der Waals surface area contributed by atoms with Crippen molar-refractivity contribution in [3.05, 3.63) is 35.4 Å². The molecular weight excluding hydrogens is 172 g/mol. The maximum Gasteiger partial charge on any atom is 0.0801 e. The number of aryl methyl sites for hydroxylation is 1. The Labute approximate surface area is 85.8 Å². The van der Waals surface area contributed by atoms with Crippen LogP contribution in [-0.4, -0.2) is 5.11 Å².